The minimum atomic E-state index is -0.498. The Morgan fingerprint density at radius 1 is 0.946 bits per heavy atom. The van der Waals surface area contributed by atoms with Crippen molar-refractivity contribution in [3.63, 3.8) is 0 Å². The number of rotatable bonds is 8. The van der Waals surface area contributed by atoms with Crippen LogP contribution in [-0.2, 0) is 13.1 Å². The van der Waals surface area contributed by atoms with E-state index in [4.69, 9.17) is 4.74 Å². The number of aromatic nitrogens is 4. The molecule has 0 amide bonds. The molecular weight excluding hydrogens is 471 g/mol. The van der Waals surface area contributed by atoms with Crippen molar-refractivity contribution in [1.29, 1.82) is 0 Å². The Morgan fingerprint density at radius 2 is 1.70 bits per heavy atom. The normalized spacial score (nSPS) is 11.4. The molecule has 5 rings (SSSR count). The molecule has 5 aromatic rings. The van der Waals surface area contributed by atoms with E-state index in [-0.39, 0.29) is 36.7 Å². The summed E-state index contributed by atoms with van der Waals surface area (Å²) in [5, 5.41) is 0. The van der Waals surface area contributed by atoms with Crippen LogP contribution in [0.2, 0.25) is 0 Å². The van der Waals surface area contributed by atoms with Crippen molar-refractivity contribution in [1.82, 2.24) is 18.7 Å². The summed E-state index contributed by atoms with van der Waals surface area (Å²) in [4.78, 5) is 31.7. The SMILES string of the molecule is CC(C)c1ccc(-n2c(=O)n(CCOc3ccccc3)c(=O)c3c2ncn3Cc2cccc(F)c2)cc1. The van der Waals surface area contributed by atoms with E-state index in [1.54, 1.807) is 16.7 Å². The number of benzene rings is 3. The first-order chi connectivity index (χ1) is 17.9. The summed E-state index contributed by atoms with van der Waals surface area (Å²) in [7, 11) is 0. The van der Waals surface area contributed by atoms with E-state index in [0.717, 1.165) is 5.56 Å². The molecule has 0 atom stereocenters. The molecule has 0 spiro atoms. The van der Waals surface area contributed by atoms with Crippen molar-refractivity contribution in [2.45, 2.75) is 32.9 Å². The molecule has 2 heterocycles. The molecule has 2 aromatic heterocycles. The molecule has 0 saturated heterocycles. The van der Waals surface area contributed by atoms with Crippen LogP contribution in [0, 0.1) is 5.82 Å². The lowest BCUT2D eigenvalue weighted by atomic mass is 10.0. The summed E-state index contributed by atoms with van der Waals surface area (Å²) in [5.74, 6) is 0.622. The second-order valence-corrected chi connectivity index (χ2v) is 9.16. The van der Waals surface area contributed by atoms with Gasteiger partial charge < -0.3 is 9.30 Å². The van der Waals surface area contributed by atoms with Gasteiger partial charge in [-0.2, -0.15) is 0 Å². The van der Waals surface area contributed by atoms with Crippen molar-refractivity contribution in [2.75, 3.05) is 6.61 Å². The molecule has 0 aliphatic heterocycles. The second kappa shape index (κ2) is 10.3. The first-order valence-electron chi connectivity index (χ1n) is 12.2. The lowest BCUT2D eigenvalue weighted by molar-refractivity contribution is 0.293. The van der Waals surface area contributed by atoms with E-state index in [0.29, 0.717) is 22.9 Å². The average Bonchev–Trinajstić information content (AvgIpc) is 3.30. The van der Waals surface area contributed by atoms with E-state index in [1.165, 1.54) is 27.6 Å². The zero-order valence-corrected chi connectivity index (χ0v) is 20.7. The summed E-state index contributed by atoms with van der Waals surface area (Å²) in [6.07, 6.45) is 1.51. The number of hydrogen-bond acceptors (Lipinski definition) is 4. The van der Waals surface area contributed by atoms with E-state index >= 15 is 0 Å². The molecule has 0 fully saturated rings. The third-order valence-electron chi connectivity index (χ3n) is 6.29. The van der Waals surface area contributed by atoms with Crippen molar-refractivity contribution in [2.24, 2.45) is 0 Å². The van der Waals surface area contributed by atoms with Crippen LogP contribution in [0.1, 0.15) is 30.9 Å². The fraction of sp³-hybridized carbons (Fsp3) is 0.207. The molecule has 3 aromatic carbocycles. The van der Waals surface area contributed by atoms with Crippen LogP contribution in [0.5, 0.6) is 5.75 Å². The predicted molar refractivity (Wildman–Crippen MR) is 141 cm³/mol. The smallest absolute Gasteiger partial charge is 0.337 e. The van der Waals surface area contributed by atoms with Gasteiger partial charge in [-0.15, -0.1) is 0 Å². The van der Waals surface area contributed by atoms with Gasteiger partial charge in [0.15, 0.2) is 11.2 Å². The molecule has 188 valence electrons. The molecule has 0 aliphatic carbocycles. The number of fused-ring (bicyclic) bond motifs is 1. The first-order valence-corrected chi connectivity index (χ1v) is 12.2. The average molecular weight is 499 g/mol. The molecule has 0 aliphatic rings. The number of hydrogen-bond donors (Lipinski definition) is 0. The van der Waals surface area contributed by atoms with Crippen molar-refractivity contribution < 1.29 is 9.13 Å². The quantitative estimate of drug-likeness (QED) is 0.310. The molecule has 7 nitrogen and oxygen atoms in total. The lowest BCUT2D eigenvalue weighted by Crippen LogP contribution is -2.41. The van der Waals surface area contributed by atoms with Crippen molar-refractivity contribution in [3.05, 3.63) is 123 Å². The minimum Gasteiger partial charge on any atom is -0.492 e. The zero-order chi connectivity index (χ0) is 25.9. The van der Waals surface area contributed by atoms with Crippen LogP contribution in [-0.4, -0.2) is 25.3 Å². The Hall–Kier alpha value is -4.46. The third kappa shape index (κ3) is 4.95. The molecule has 0 N–H and O–H groups in total. The third-order valence-corrected chi connectivity index (χ3v) is 6.29. The van der Waals surface area contributed by atoms with Crippen LogP contribution < -0.4 is 16.0 Å². The van der Waals surface area contributed by atoms with Crippen LogP contribution in [0.4, 0.5) is 4.39 Å². The van der Waals surface area contributed by atoms with Gasteiger partial charge in [0.05, 0.1) is 18.6 Å². The van der Waals surface area contributed by atoms with Gasteiger partial charge in [-0.3, -0.25) is 9.36 Å². The Morgan fingerprint density at radius 3 is 2.41 bits per heavy atom. The van der Waals surface area contributed by atoms with Gasteiger partial charge in [0.25, 0.3) is 5.56 Å². The van der Waals surface area contributed by atoms with Crippen molar-refractivity contribution >= 4 is 11.2 Å². The van der Waals surface area contributed by atoms with Crippen LogP contribution in [0.3, 0.4) is 0 Å². The van der Waals surface area contributed by atoms with E-state index < -0.39 is 11.2 Å². The summed E-state index contributed by atoms with van der Waals surface area (Å²) in [5.41, 5.74) is 1.96. The summed E-state index contributed by atoms with van der Waals surface area (Å²) in [6, 6.07) is 23.1. The fourth-order valence-electron chi connectivity index (χ4n) is 4.34. The number of halogens is 1. The topological polar surface area (TPSA) is 71.1 Å². The molecule has 0 bridgehead atoms. The fourth-order valence-corrected chi connectivity index (χ4v) is 4.34. The maximum atomic E-state index is 13.8. The molecule has 37 heavy (non-hydrogen) atoms. The Labute approximate surface area is 213 Å². The number of ether oxygens (including phenoxy) is 1. The minimum absolute atomic E-state index is 0.0533. The van der Waals surface area contributed by atoms with E-state index in [2.05, 4.69) is 18.8 Å². The van der Waals surface area contributed by atoms with Gasteiger partial charge >= 0.3 is 5.69 Å². The van der Waals surface area contributed by atoms with Gasteiger partial charge in [-0.1, -0.05) is 56.3 Å². The number of para-hydroxylation sites is 1. The van der Waals surface area contributed by atoms with E-state index in [1.807, 2.05) is 54.6 Å². The van der Waals surface area contributed by atoms with Crippen LogP contribution >= 0.6 is 0 Å². The Balaban J connectivity index is 1.62. The molecular formula is C29H27FN4O3. The zero-order valence-electron chi connectivity index (χ0n) is 20.7. The van der Waals surface area contributed by atoms with E-state index in [9.17, 15) is 14.0 Å². The van der Waals surface area contributed by atoms with Gasteiger partial charge in [0.2, 0.25) is 0 Å². The lowest BCUT2D eigenvalue weighted by Gasteiger charge is -2.14. The van der Waals surface area contributed by atoms with Gasteiger partial charge in [-0.25, -0.2) is 18.7 Å². The highest BCUT2D eigenvalue weighted by Gasteiger charge is 2.20. The summed E-state index contributed by atoms with van der Waals surface area (Å²) >= 11 is 0. The van der Waals surface area contributed by atoms with Crippen LogP contribution in [0.25, 0.3) is 16.9 Å². The van der Waals surface area contributed by atoms with Gasteiger partial charge in [0.1, 0.15) is 18.2 Å². The highest BCUT2D eigenvalue weighted by Crippen LogP contribution is 2.19. The predicted octanol–water partition coefficient (Wildman–Crippen LogP) is 4.74. The largest absolute Gasteiger partial charge is 0.492 e. The van der Waals surface area contributed by atoms with Crippen molar-refractivity contribution in [3.8, 4) is 11.4 Å². The highest BCUT2D eigenvalue weighted by atomic mass is 19.1. The molecule has 0 radical (unpaired) electrons. The number of nitrogens with zero attached hydrogens (tertiary/aromatic N) is 4. The monoisotopic (exact) mass is 498 g/mol. The first kappa shape index (κ1) is 24.2. The summed E-state index contributed by atoms with van der Waals surface area (Å²) < 4.78 is 23.9. The van der Waals surface area contributed by atoms with Crippen LogP contribution in [0.15, 0.2) is 94.8 Å². The Bertz CT molecular complexity index is 1650. The maximum Gasteiger partial charge on any atom is 0.337 e. The standard InChI is InChI=1S/C29H27FN4O3/c1-20(2)22-11-13-24(14-12-22)34-27-26(32(19-31-27)18-21-7-6-8-23(30)17-21)28(35)33(29(34)36)15-16-37-25-9-4-3-5-10-25/h3-14,17,19-20H,15-16,18H2,1-2H3. The second-order valence-electron chi connectivity index (χ2n) is 9.16. The Kier molecular flexibility index (Phi) is 6.72. The van der Waals surface area contributed by atoms with Gasteiger partial charge in [0, 0.05) is 6.54 Å². The van der Waals surface area contributed by atoms with Gasteiger partial charge in [-0.05, 0) is 53.4 Å². The summed E-state index contributed by atoms with van der Waals surface area (Å²) in [6.45, 7) is 4.61. The molecule has 0 unspecified atom stereocenters. The molecule has 8 heteroatoms. The number of imidazole rings is 1. The molecule has 0 saturated carbocycles. The highest BCUT2D eigenvalue weighted by molar-refractivity contribution is 5.72. The maximum absolute atomic E-state index is 13.8.